The molecule has 0 aromatic carbocycles. The fraction of sp³-hybridized carbons (Fsp3) is 0.889. The van der Waals surface area contributed by atoms with E-state index in [-0.39, 0.29) is 19.4 Å². The van der Waals surface area contributed by atoms with Crippen molar-refractivity contribution in [2.24, 2.45) is 0 Å². The number of hydrogen-bond donors (Lipinski definition) is 3. The molecule has 7 nitrogen and oxygen atoms in total. The van der Waals surface area contributed by atoms with Crippen molar-refractivity contribution in [3.8, 4) is 0 Å². The SMILES string of the molecule is O=C1O[C@@H]2[C@@H](O)CO[C@@]23O[C@H](O)CC[C@@]13O. The number of carbonyl (C=O) groups excluding carboxylic acids is 1. The van der Waals surface area contributed by atoms with Gasteiger partial charge in [0.2, 0.25) is 5.60 Å². The Balaban J connectivity index is 2.06. The molecule has 0 aromatic rings. The van der Waals surface area contributed by atoms with Gasteiger partial charge in [-0.3, -0.25) is 0 Å². The van der Waals surface area contributed by atoms with E-state index in [0.717, 1.165) is 0 Å². The molecule has 0 amide bonds. The number of rotatable bonds is 0. The van der Waals surface area contributed by atoms with E-state index in [1.54, 1.807) is 0 Å². The van der Waals surface area contributed by atoms with E-state index in [9.17, 15) is 20.1 Å². The number of esters is 1. The van der Waals surface area contributed by atoms with Gasteiger partial charge in [0, 0.05) is 6.42 Å². The molecular weight excluding hydrogens is 220 g/mol. The Morgan fingerprint density at radius 1 is 1.38 bits per heavy atom. The summed E-state index contributed by atoms with van der Waals surface area (Å²) in [5.41, 5.74) is -1.94. The van der Waals surface area contributed by atoms with E-state index in [1.807, 2.05) is 0 Å². The highest BCUT2D eigenvalue weighted by Crippen LogP contribution is 2.51. The van der Waals surface area contributed by atoms with Crippen molar-refractivity contribution in [1.82, 2.24) is 0 Å². The zero-order valence-corrected chi connectivity index (χ0v) is 8.33. The summed E-state index contributed by atoms with van der Waals surface area (Å²) in [4.78, 5) is 11.6. The van der Waals surface area contributed by atoms with Gasteiger partial charge in [0.05, 0.1) is 6.61 Å². The van der Waals surface area contributed by atoms with Gasteiger partial charge in [0.25, 0.3) is 5.79 Å². The summed E-state index contributed by atoms with van der Waals surface area (Å²) in [5.74, 6) is -2.63. The maximum Gasteiger partial charge on any atom is 0.344 e. The highest BCUT2D eigenvalue weighted by molar-refractivity contribution is 5.84. The summed E-state index contributed by atoms with van der Waals surface area (Å²) in [6.07, 6.45) is -3.18. The summed E-state index contributed by atoms with van der Waals surface area (Å²) >= 11 is 0. The zero-order chi connectivity index (χ0) is 11.6. The minimum atomic E-state index is -1.94. The molecule has 3 aliphatic rings. The van der Waals surface area contributed by atoms with Crippen LogP contribution in [0.15, 0.2) is 0 Å². The summed E-state index contributed by atoms with van der Waals surface area (Å²) in [5, 5.41) is 29.2. The second-order valence-electron chi connectivity index (χ2n) is 4.34. The molecule has 5 atom stereocenters. The second-order valence-corrected chi connectivity index (χ2v) is 4.34. The minimum Gasteiger partial charge on any atom is -0.451 e. The van der Waals surface area contributed by atoms with Gasteiger partial charge < -0.3 is 29.5 Å². The molecule has 0 saturated carbocycles. The molecule has 0 unspecified atom stereocenters. The van der Waals surface area contributed by atoms with Crippen LogP contribution < -0.4 is 0 Å². The van der Waals surface area contributed by atoms with Crippen molar-refractivity contribution in [2.75, 3.05) is 6.61 Å². The Hall–Kier alpha value is -0.730. The lowest BCUT2D eigenvalue weighted by Gasteiger charge is -2.41. The van der Waals surface area contributed by atoms with Gasteiger partial charge in [0.15, 0.2) is 12.4 Å². The molecule has 0 bridgehead atoms. The maximum absolute atomic E-state index is 11.6. The summed E-state index contributed by atoms with van der Waals surface area (Å²) in [6.45, 7) is -0.104. The molecule has 0 aromatic heterocycles. The lowest BCUT2D eigenvalue weighted by molar-refractivity contribution is -0.360. The Morgan fingerprint density at radius 2 is 2.12 bits per heavy atom. The van der Waals surface area contributed by atoms with Crippen LogP contribution in [0.5, 0.6) is 0 Å². The van der Waals surface area contributed by atoms with Gasteiger partial charge in [0.1, 0.15) is 6.10 Å². The third-order valence-corrected chi connectivity index (χ3v) is 3.40. The first kappa shape index (κ1) is 10.4. The fourth-order valence-corrected chi connectivity index (χ4v) is 2.57. The molecule has 3 aliphatic heterocycles. The number of aliphatic hydroxyl groups is 3. The molecule has 1 spiro atoms. The standard InChI is InChI=1S/C9H12O7/c10-4-3-14-9-6(4)15-7(12)8(9,13)2-1-5(11)16-9/h4-6,10-11,13H,1-3H2/t4-,5-,6+,8+,9+/m0/s1. The number of ether oxygens (including phenoxy) is 3. The van der Waals surface area contributed by atoms with Crippen LogP contribution in [0.4, 0.5) is 0 Å². The van der Waals surface area contributed by atoms with Crippen LogP contribution in [-0.2, 0) is 19.0 Å². The highest BCUT2D eigenvalue weighted by atomic mass is 16.8. The second kappa shape index (κ2) is 2.93. The van der Waals surface area contributed by atoms with Gasteiger partial charge in [-0.05, 0) is 6.42 Å². The average molecular weight is 232 g/mol. The monoisotopic (exact) mass is 232 g/mol. The zero-order valence-electron chi connectivity index (χ0n) is 8.33. The fourth-order valence-electron chi connectivity index (χ4n) is 2.57. The molecule has 3 heterocycles. The number of aliphatic hydroxyl groups excluding tert-OH is 2. The quantitative estimate of drug-likeness (QED) is 0.409. The van der Waals surface area contributed by atoms with Crippen molar-refractivity contribution >= 4 is 5.97 Å². The molecular formula is C9H12O7. The van der Waals surface area contributed by atoms with Gasteiger partial charge >= 0.3 is 5.97 Å². The van der Waals surface area contributed by atoms with E-state index in [1.165, 1.54) is 0 Å². The number of hydrogen-bond acceptors (Lipinski definition) is 7. The molecule has 3 rings (SSSR count). The molecule has 7 heteroatoms. The largest absolute Gasteiger partial charge is 0.451 e. The van der Waals surface area contributed by atoms with Gasteiger partial charge in [-0.1, -0.05) is 0 Å². The van der Waals surface area contributed by atoms with E-state index in [2.05, 4.69) is 0 Å². The molecule has 0 aliphatic carbocycles. The first-order valence-electron chi connectivity index (χ1n) is 5.11. The third kappa shape index (κ3) is 0.975. The van der Waals surface area contributed by atoms with E-state index in [0.29, 0.717) is 0 Å². The molecule has 16 heavy (non-hydrogen) atoms. The van der Waals surface area contributed by atoms with E-state index in [4.69, 9.17) is 14.2 Å². The topological polar surface area (TPSA) is 105 Å². The molecule has 90 valence electrons. The summed E-state index contributed by atoms with van der Waals surface area (Å²) < 4.78 is 15.2. The number of carbonyl (C=O) groups is 1. The average Bonchev–Trinajstić information content (AvgIpc) is 2.64. The van der Waals surface area contributed by atoms with Crippen LogP contribution in [0, 0.1) is 0 Å². The van der Waals surface area contributed by atoms with Crippen molar-refractivity contribution < 1.29 is 34.3 Å². The van der Waals surface area contributed by atoms with E-state index < -0.39 is 35.9 Å². The van der Waals surface area contributed by atoms with Crippen molar-refractivity contribution in [1.29, 1.82) is 0 Å². The van der Waals surface area contributed by atoms with Gasteiger partial charge in [-0.2, -0.15) is 0 Å². The van der Waals surface area contributed by atoms with Crippen LogP contribution >= 0.6 is 0 Å². The van der Waals surface area contributed by atoms with Crippen molar-refractivity contribution in [3.05, 3.63) is 0 Å². The molecule has 3 N–H and O–H groups in total. The predicted molar refractivity (Wildman–Crippen MR) is 45.8 cm³/mol. The molecule has 0 radical (unpaired) electrons. The Kier molecular flexibility index (Phi) is 1.91. The highest BCUT2D eigenvalue weighted by Gasteiger charge is 2.76. The summed E-state index contributed by atoms with van der Waals surface area (Å²) in [6, 6.07) is 0. The molecule has 3 fully saturated rings. The van der Waals surface area contributed by atoms with Crippen molar-refractivity contribution in [3.63, 3.8) is 0 Å². The molecule has 3 saturated heterocycles. The van der Waals surface area contributed by atoms with E-state index >= 15 is 0 Å². The minimum absolute atomic E-state index is 0.0176. The van der Waals surface area contributed by atoms with Crippen molar-refractivity contribution in [2.45, 2.75) is 42.7 Å². The van der Waals surface area contributed by atoms with Crippen LogP contribution in [0.2, 0.25) is 0 Å². The summed E-state index contributed by atoms with van der Waals surface area (Å²) in [7, 11) is 0. The Bertz CT molecular complexity index is 345. The maximum atomic E-state index is 11.6. The predicted octanol–water partition coefficient (Wildman–Crippen LogP) is -2.14. The normalized spacial score (nSPS) is 55.7. The third-order valence-electron chi connectivity index (χ3n) is 3.40. The van der Waals surface area contributed by atoms with Crippen LogP contribution in [0.1, 0.15) is 12.8 Å². The van der Waals surface area contributed by atoms with Crippen LogP contribution in [-0.4, -0.2) is 57.8 Å². The lowest BCUT2D eigenvalue weighted by Crippen LogP contribution is -2.63. The lowest BCUT2D eigenvalue weighted by atomic mass is 9.84. The Morgan fingerprint density at radius 3 is 2.88 bits per heavy atom. The van der Waals surface area contributed by atoms with Gasteiger partial charge in [-0.15, -0.1) is 0 Å². The first-order chi connectivity index (χ1) is 7.49. The van der Waals surface area contributed by atoms with Gasteiger partial charge in [-0.25, -0.2) is 4.79 Å². The first-order valence-corrected chi connectivity index (χ1v) is 5.11. The van der Waals surface area contributed by atoms with Crippen LogP contribution in [0.25, 0.3) is 0 Å². The Labute approximate surface area is 90.5 Å². The smallest absolute Gasteiger partial charge is 0.344 e. The van der Waals surface area contributed by atoms with Crippen LogP contribution in [0.3, 0.4) is 0 Å².